The highest BCUT2D eigenvalue weighted by atomic mass is 32.2. The Bertz CT molecular complexity index is 269. The maximum Gasteiger partial charge on any atom is 0.133 e. The Morgan fingerprint density at radius 1 is 1.38 bits per heavy atom. The van der Waals surface area contributed by atoms with E-state index in [0.717, 1.165) is 16.9 Å². The zero-order valence-electron chi connectivity index (χ0n) is 7.69. The van der Waals surface area contributed by atoms with Crippen molar-refractivity contribution in [2.75, 3.05) is 7.11 Å². The summed E-state index contributed by atoms with van der Waals surface area (Å²) in [5.74, 6) is 0.836. The molecule has 0 aliphatic rings. The smallest absolute Gasteiger partial charge is 0.133 e. The summed E-state index contributed by atoms with van der Waals surface area (Å²) in [7, 11) is 1.64. The molecule has 3 heteroatoms. The van der Waals surface area contributed by atoms with Crippen molar-refractivity contribution < 1.29 is 9.53 Å². The van der Waals surface area contributed by atoms with Crippen LogP contribution in [0.5, 0.6) is 5.75 Å². The number of aldehydes is 1. The average Bonchev–Trinajstić information content (AvgIpc) is 2.19. The lowest BCUT2D eigenvalue weighted by atomic mass is 10.3. The highest BCUT2D eigenvalue weighted by molar-refractivity contribution is 8.00. The van der Waals surface area contributed by atoms with E-state index in [2.05, 4.69) is 0 Å². The van der Waals surface area contributed by atoms with Gasteiger partial charge < -0.3 is 9.53 Å². The number of carbonyl (C=O) groups excluding carboxylic acids is 1. The molecule has 1 rings (SSSR count). The topological polar surface area (TPSA) is 26.3 Å². The molecule has 2 nitrogen and oxygen atoms in total. The zero-order chi connectivity index (χ0) is 9.68. The monoisotopic (exact) mass is 196 g/mol. The number of rotatable bonds is 4. The van der Waals surface area contributed by atoms with Gasteiger partial charge in [-0.15, -0.1) is 11.8 Å². The van der Waals surface area contributed by atoms with E-state index in [1.807, 2.05) is 31.2 Å². The van der Waals surface area contributed by atoms with Crippen LogP contribution in [0.3, 0.4) is 0 Å². The summed E-state index contributed by atoms with van der Waals surface area (Å²) < 4.78 is 5.02. The minimum atomic E-state index is 0.00777. The molecule has 1 aromatic rings. The molecule has 0 radical (unpaired) electrons. The van der Waals surface area contributed by atoms with E-state index in [-0.39, 0.29) is 5.25 Å². The molecule has 70 valence electrons. The summed E-state index contributed by atoms with van der Waals surface area (Å²) in [6, 6.07) is 7.67. The molecule has 0 amide bonds. The van der Waals surface area contributed by atoms with E-state index in [9.17, 15) is 4.79 Å². The van der Waals surface area contributed by atoms with Gasteiger partial charge in [0, 0.05) is 4.90 Å². The van der Waals surface area contributed by atoms with Crippen LogP contribution >= 0.6 is 11.8 Å². The quantitative estimate of drug-likeness (QED) is 0.546. The summed E-state index contributed by atoms with van der Waals surface area (Å²) in [4.78, 5) is 11.5. The van der Waals surface area contributed by atoms with Crippen molar-refractivity contribution in [3.05, 3.63) is 24.3 Å². The van der Waals surface area contributed by atoms with Crippen molar-refractivity contribution in [3.8, 4) is 5.75 Å². The molecule has 0 saturated heterocycles. The van der Waals surface area contributed by atoms with Gasteiger partial charge in [-0.2, -0.15) is 0 Å². The lowest BCUT2D eigenvalue weighted by Gasteiger charge is -2.04. The lowest BCUT2D eigenvalue weighted by molar-refractivity contribution is -0.107. The Balaban J connectivity index is 2.63. The first-order valence-electron chi connectivity index (χ1n) is 4.02. The number of thioether (sulfide) groups is 1. The molecular formula is C10H12O2S. The van der Waals surface area contributed by atoms with Gasteiger partial charge in [0.2, 0.25) is 0 Å². The molecule has 1 aromatic carbocycles. The lowest BCUT2D eigenvalue weighted by Crippen LogP contribution is -1.95. The Hall–Kier alpha value is -0.960. The molecule has 0 heterocycles. The van der Waals surface area contributed by atoms with Crippen LogP contribution in [-0.4, -0.2) is 18.6 Å². The molecule has 0 spiro atoms. The molecule has 0 N–H and O–H groups in total. The predicted molar refractivity (Wildman–Crippen MR) is 54.4 cm³/mol. The number of hydrogen-bond donors (Lipinski definition) is 0. The van der Waals surface area contributed by atoms with Gasteiger partial charge in [-0.1, -0.05) is 0 Å². The van der Waals surface area contributed by atoms with Gasteiger partial charge in [-0.3, -0.25) is 0 Å². The zero-order valence-corrected chi connectivity index (χ0v) is 8.51. The third-order valence-electron chi connectivity index (χ3n) is 1.57. The summed E-state index contributed by atoms with van der Waals surface area (Å²) in [5, 5.41) is 0.00777. The number of methoxy groups -OCH3 is 1. The number of hydrogen-bond acceptors (Lipinski definition) is 3. The van der Waals surface area contributed by atoms with Gasteiger partial charge in [0.25, 0.3) is 0 Å². The Morgan fingerprint density at radius 2 is 2.00 bits per heavy atom. The van der Waals surface area contributed by atoms with Crippen molar-refractivity contribution in [2.45, 2.75) is 17.1 Å². The van der Waals surface area contributed by atoms with Crippen LogP contribution in [0.1, 0.15) is 6.92 Å². The Kier molecular flexibility index (Phi) is 3.83. The van der Waals surface area contributed by atoms with E-state index in [1.165, 1.54) is 11.8 Å². The fourth-order valence-electron chi connectivity index (χ4n) is 0.897. The van der Waals surface area contributed by atoms with Crippen LogP contribution in [0, 0.1) is 0 Å². The van der Waals surface area contributed by atoms with Crippen molar-refractivity contribution in [2.24, 2.45) is 0 Å². The van der Waals surface area contributed by atoms with E-state index >= 15 is 0 Å². The standard InChI is InChI=1S/C10H12O2S/c1-8(7-11)13-10-5-3-9(12-2)4-6-10/h3-8H,1-2H3. The van der Waals surface area contributed by atoms with E-state index in [1.54, 1.807) is 7.11 Å². The molecule has 0 saturated carbocycles. The minimum Gasteiger partial charge on any atom is -0.497 e. The maximum atomic E-state index is 10.4. The molecule has 1 atom stereocenters. The molecule has 13 heavy (non-hydrogen) atoms. The number of carbonyl (C=O) groups is 1. The predicted octanol–water partition coefficient (Wildman–Crippen LogP) is 2.37. The average molecular weight is 196 g/mol. The Labute approximate surface area is 82.3 Å². The minimum absolute atomic E-state index is 0.00777. The van der Waals surface area contributed by atoms with Crippen LogP contribution in [0.4, 0.5) is 0 Å². The normalized spacial score (nSPS) is 12.2. The van der Waals surface area contributed by atoms with E-state index in [0.29, 0.717) is 0 Å². The fraction of sp³-hybridized carbons (Fsp3) is 0.300. The molecule has 0 fully saturated rings. The SMILES string of the molecule is COc1ccc(SC(C)C=O)cc1. The number of benzene rings is 1. The van der Waals surface area contributed by atoms with Crippen molar-refractivity contribution in [1.29, 1.82) is 0 Å². The van der Waals surface area contributed by atoms with Gasteiger partial charge in [-0.25, -0.2) is 0 Å². The largest absolute Gasteiger partial charge is 0.497 e. The highest BCUT2D eigenvalue weighted by Gasteiger charge is 2.01. The summed E-state index contributed by atoms with van der Waals surface area (Å²) in [6.07, 6.45) is 0.939. The van der Waals surface area contributed by atoms with Gasteiger partial charge in [-0.05, 0) is 31.2 Å². The molecular weight excluding hydrogens is 184 g/mol. The van der Waals surface area contributed by atoms with Gasteiger partial charge in [0.15, 0.2) is 0 Å². The fourth-order valence-corrected chi connectivity index (χ4v) is 1.67. The van der Waals surface area contributed by atoms with Gasteiger partial charge in [0.05, 0.1) is 12.4 Å². The van der Waals surface area contributed by atoms with E-state index < -0.39 is 0 Å². The first kappa shape index (κ1) is 10.1. The summed E-state index contributed by atoms with van der Waals surface area (Å²) in [6.45, 7) is 1.88. The van der Waals surface area contributed by atoms with Crippen LogP contribution in [-0.2, 0) is 4.79 Å². The van der Waals surface area contributed by atoms with Crippen LogP contribution in [0.15, 0.2) is 29.2 Å². The van der Waals surface area contributed by atoms with Crippen LogP contribution in [0.2, 0.25) is 0 Å². The summed E-state index contributed by atoms with van der Waals surface area (Å²) >= 11 is 1.54. The second kappa shape index (κ2) is 4.92. The second-order valence-corrected chi connectivity index (χ2v) is 4.09. The van der Waals surface area contributed by atoms with Crippen molar-refractivity contribution >= 4 is 18.0 Å². The molecule has 0 aliphatic carbocycles. The maximum absolute atomic E-state index is 10.4. The summed E-state index contributed by atoms with van der Waals surface area (Å²) in [5.41, 5.74) is 0. The van der Waals surface area contributed by atoms with Crippen molar-refractivity contribution in [1.82, 2.24) is 0 Å². The first-order valence-corrected chi connectivity index (χ1v) is 4.90. The molecule has 1 unspecified atom stereocenters. The van der Waals surface area contributed by atoms with Gasteiger partial charge >= 0.3 is 0 Å². The highest BCUT2D eigenvalue weighted by Crippen LogP contribution is 2.23. The molecule has 0 bridgehead atoms. The Morgan fingerprint density at radius 3 is 2.46 bits per heavy atom. The van der Waals surface area contributed by atoms with Crippen molar-refractivity contribution in [3.63, 3.8) is 0 Å². The molecule has 0 aromatic heterocycles. The molecule has 0 aliphatic heterocycles. The number of ether oxygens (including phenoxy) is 1. The van der Waals surface area contributed by atoms with Gasteiger partial charge in [0.1, 0.15) is 12.0 Å². The first-order chi connectivity index (χ1) is 6.26. The third-order valence-corrected chi connectivity index (χ3v) is 2.60. The van der Waals surface area contributed by atoms with E-state index in [4.69, 9.17) is 4.74 Å². The third kappa shape index (κ3) is 3.11. The van der Waals surface area contributed by atoms with Crippen LogP contribution < -0.4 is 4.74 Å². The second-order valence-electron chi connectivity index (χ2n) is 2.63. The van der Waals surface area contributed by atoms with Crippen LogP contribution in [0.25, 0.3) is 0 Å².